The van der Waals surface area contributed by atoms with Crippen LogP contribution in [-0.4, -0.2) is 28.0 Å². The molecule has 0 amide bonds. The van der Waals surface area contributed by atoms with Gasteiger partial charge < -0.3 is 9.72 Å². The van der Waals surface area contributed by atoms with E-state index in [1.807, 2.05) is 6.07 Å². The van der Waals surface area contributed by atoms with Crippen LogP contribution in [0.4, 0.5) is 5.69 Å². The molecule has 0 aliphatic heterocycles. The summed E-state index contributed by atoms with van der Waals surface area (Å²) in [6, 6.07) is 5.16. The quantitative estimate of drug-likeness (QED) is 0.454. The number of aromatic amines is 1. The Balaban J connectivity index is 2.13. The maximum atomic E-state index is 11.4. The molecule has 0 saturated heterocycles. The fourth-order valence-corrected chi connectivity index (χ4v) is 2.99. The highest BCUT2D eigenvalue weighted by atomic mass is 32.1. The lowest BCUT2D eigenvalue weighted by molar-refractivity contribution is -0.383. The molecule has 0 fully saturated rings. The lowest BCUT2D eigenvalue weighted by atomic mass is 10.1. The maximum absolute atomic E-state index is 11.4. The van der Waals surface area contributed by atoms with Crippen molar-refractivity contribution in [3.63, 3.8) is 0 Å². The number of nitrogens with zero attached hydrogens (tertiary/aromatic N) is 2. The number of nitro groups is 1. The number of aryl methyl sites for hydroxylation is 1. The van der Waals surface area contributed by atoms with E-state index in [-0.39, 0.29) is 11.4 Å². The van der Waals surface area contributed by atoms with Crippen molar-refractivity contribution in [2.75, 3.05) is 7.11 Å². The van der Waals surface area contributed by atoms with E-state index in [0.717, 1.165) is 10.9 Å². The van der Waals surface area contributed by atoms with Crippen LogP contribution >= 0.6 is 11.3 Å². The zero-order chi connectivity index (χ0) is 15.9. The Morgan fingerprint density at radius 2 is 2.18 bits per heavy atom. The Labute approximate surface area is 128 Å². The molecular weight excluding hydrogens is 306 g/mol. The number of thiazole rings is 1. The van der Waals surface area contributed by atoms with Crippen molar-refractivity contribution >= 4 is 33.9 Å². The first-order valence-electron chi connectivity index (χ1n) is 6.31. The second-order valence-electron chi connectivity index (χ2n) is 4.72. The molecule has 2 heterocycles. The molecule has 1 aromatic carbocycles. The van der Waals surface area contributed by atoms with Gasteiger partial charge in [0.2, 0.25) is 0 Å². The van der Waals surface area contributed by atoms with Crippen LogP contribution in [0.1, 0.15) is 16.1 Å². The van der Waals surface area contributed by atoms with Gasteiger partial charge in [0.05, 0.1) is 17.7 Å². The summed E-state index contributed by atoms with van der Waals surface area (Å²) in [7, 11) is 1.29. The molecule has 0 aliphatic rings. The fourth-order valence-electron chi connectivity index (χ4n) is 2.23. The van der Waals surface area contributed by atoms with E-state index in [1.165, 1.54) is 24.5 Å². The number of nitrogens with one attached hydrogen (secondary N) is 1. The van der Waals surface area contributed by atoms with Crippen LogP contribution in [0.2, 0.25) is 0 Å². The Bertz CT molecular complexity index is 897. The molecule has 0 radical (unpaired) electrons. The second-order valence-corrected chi connectivity index (χ2v) is 5.58. The van der Waals surface area contributed by atoms with E-state index in [4.69, 9.17) is 0 Å². The van der Waals surface area contributed by atoms with Gasteiger partial charge in [0.25, 0.3) is 5.69 Å². The largest absolute Gasteiger partial charge is 0.464 e. The van der Waals surface area contributed by atoms with Crippen molar-refractivity contribution in [1.29, 1.82) is 0 Å². The molecule has 7 nitrogen and oxygen atoms in total. The molecule has 0 atom stereocenters. The van der Waals surface area contributed by atoms with E-state index in [0.29, 0.717) is 16.2 Å². The van der Waals surface area contributed by atoms with E-state index in [9.17, 15) is 14.9 Å². The number of nitro benzene ring substituents is 1. The minimum atomic E-state index is -0.513. The van der Waals surface area contributed by atoms with Crippen molar-refractivity contribution in [2.45, 2.75) is 6.92 Å². The highest BCUT2D eigenvalue weighted by molar-refractivity contribution is 7.13. The Kier molecular flexibility index (Phi) is 3.38. The summed E-state index contributed by atoms with van der Waals surface area (Å²) >= 11 is 1.27. The van der Waals surface area contributed by atoms with Crippen molar-refractivity contribution in [3.05, 3.63) is 45.0 Å². The summed E-state index contributed by atoms with van der Waals surface area (Å²) in [5.74, 6) is -0.513. The maximum Gasteiger partial charge on any atom is 0.357 e. The monoisotopic (exact) mass is 317 g/mol. The number of carbonyl (C=O) groups excluding carboxylic acids is 1. The number of non-ortho nitro benzene ring substituents is 1. The third-order valence-corrected chi connectivity index (χ3v) is 4.05. The number of methoxy groups -OCH3 is 1. The number of rotatable bonds is 3. The van der Waals surface area contributed by atoms with E-state index >= 15 is 0 Å². The van der Waals surface area contributed by atoms with Crippen molar-refractivity contribution < 1.29 is 14.5 Å². The van der Waals surface area contributed by atoms with Crippen molar-refractivity contribution in [1.82, 2.24) is 9.97 Å². The van der Waals surface area contributed by atoms with Gasteiger partial charge >= 0.3 is 5.97 Å². The number of benzene rings is 1. The number of ether oxygens (including phenoxy) is 1. The van der Waals surface area contributed by atoms with Crippen molar-refractivity contribution in [2.24, 2.45) is 0 Å². The van der Waals surface area contributed by atoms with Gasteiger partial charge in [0.1, 0.15) is 10.5 Å². The lowest BCUT2D eigenvalue weighted by Crippen LogP contribution is -2.00. The van der Waals surface area contributed by atoms with Crippen LogP contribution in [0, 0.1) is 17.0 Å². The smallest absolute Gasteiger partial charge is 0.357 e. The molecule has 2 aromatic heterocycles. The number of H-pyrrole nitrogens is 1. The Hall–Kier alpha value is -2.74. The molecule has 0 spiro atoms. The highest BCUT2D eigenvalue weighted by Crippen LogP contribution is 2.32. The van der Waals surface area contributed by atoms with Crippen LogP contribution in [0.15, 0.2) is 23.6 Å². The lowest BCUT2D eigenvalue weighted by Gasteiger charge is -1.96. The van der Waals surface area contributed by atoms with Crippen LogP contribution in [0.25, 0.3) is 21.6 Å². The third kappa shape index (κ3) is 2.33. The minimum absolute atomic E-state index is 0.0194. The van der Waals surface area contributed by atoms with E-state index in [2.05, 4.69) is 14.7 Å². The summed E-state index contributed by atoms with van der Waals surface area (Å²) in [5.41, 5.74) is 2.11. The Morgan fingerprint density at radius 1 is 1.41 bits per heavy atom. The highest BCUT2D eigenvalue weighted by Gasteiger charge is 2.18. The van der Waals surface area contributed by atoms with Crippen LogP contribution < -0.4 is 0 Å². The molecule has 0 aliphatic carbocycles. The molecular formula is C14H11N3O4S. The van der Waals surface area contributed by atoms with Gasteiger partial charge in [0, 0.05) is 16.8 Å². The summed E-state index contributed by atoms with van der Waals surface area (Å²) in [4.78, 5) is 29.4. The normalized spacial score (nSPS) is 10.8. The molecule has 0 unspecified atom stereocenters. The number of hydrogen-bond donors (Lipinski definition) is 1. The zero-order valence-electron chi connectivity index (χ0n) is 11.7. The van der Waals surface area contributed by atoms with Crippen molar-refractivity contribution in [3.8, 4) is 10.7 Å². The van der Waals surface area contributed by atoms with Gasteiger partial charge in [-0.1, -0.05) is 0 Å². The predicted molar refractivity (Wildman–Crippen MR) is 82.1 cm³/mol. The third-order valence-electron chi connectivity index (χ3n) is 3.18. The van der Waals surface area contributed by atoms with E-state index in [1.54, 1.807) is 18.4 Å². The molecule has 0 saturated carbocycles. The first-order valence-corrected chi connectivity index (χ1v) is 7.19. The number of aromatic nitrogens is 2. The predicted octanol–water partition coefficient (Wildman–Crippen LogP) is 3.29. The van der Waals surface area contributed by atoms with Gasteiger partial charge in [0.15, 0.2) is 5.69 Å². The number of carbonyl (C=O) groups is 1. The molecule has 22 heavy (non-hydrogen) atoms. The average molecular weight is 317 g/mol. The molecule has 8 heteroatoms. The standard InChI is InChI=1S/C14H11N3O4S/c1-7-3-8-5-9(15-12(8)11(4-7)17(19)20)13-16-10(6-22-13)14(18)21-2/h3-6,15H,1-2H3. The van der Waals surface area contributed by atoms with Crippen LogP contribution in [0.5, 0.6) is 0 Å². The van der Waals surface area contributed by atoms with Gasteiger partial charge in [-0.2, -0.15) is 0 Å². The van der Waals surface area contributed by atoms with Crippen LogP contribution in [0.3, 0.4) is 0 Å². The van der Waals surface area contributed by atoms with E-state index < -0.39 is 10.9 Å². The number of hydrogen-bond acceptors (Lipinski definition) is 6. The SMILES string of the molecule is COC(=O)c1csc(-c2cc3cc(C)cc([N+](=O)[O-])c3[nH]2)n1. The molecule has 112 valence electrons. The first kappa shape index (κ1) is 14.2. The van der Waals surface area contributed by atoms with Gasteiger partial charge in [-0.05, 0) is 24.6 Å². The minimum Gasteiger partial charge on any atom is -0.464 e. The second kappa shape index (κ2) is 5.23. The zero-order valence-corrected chi connectivity index (χ0v) is 12.6. The van der Waals surface area contributed by atoms with Gasteiger partial charge in [-0.25, -0.2) is 9.78 Å². The summed E-state index contributed by atoms with van der Waals surface area (Å²) < 4.78 is 4.62. The number of esters is 1. The summed E-state index contributed by atoms with van der Waals surface area (Å²) in [6.07, 6.45) is 0. The van der Waals surface area contributed by atoms with Gasteiger partial charge in [-0.15, -0.1) is 11.3 Å². The average Bonchev–Trinajstić information content (AvgIpc) is 3.11. The molecule has 1 N–H and O–H groups in total. The summed E-state index contributed by atoms with van der Waals surface area (Å²) in [5, 5.41) is 14.1. The van der Waals surface area contributed by atoms with Gasteiger partial charge in [-0.3, -0.25) is 10.1 Å². The van der Waals surface area contributed by atoms with Crippen LogP contribution in [-0.2, 0) is 4.74 Å². The molecule has 0 bridgehead atoms. The first-order chi connectivity index (χ1) is 10.5. The molecule has 3 aromatic rings. The fraction of sp³-hybridized carbons (Fsp3) is 0.143. The topological polar surface area (TPSA) is 98.1 Å². The Morgan fingerprint density at radius 3 is 2.86 bits per heavy atom. The summed E-state index contributed by atoms with van der Waals surface area (Å²) in [6.45, 7) is 1.80. The molecule has 3 rings (SSSR count). The number of fused-ring (bicyclic) bond motifs is 1.